The van der Waals surface area contributed by atoms with Crippen LogP contribution in [0.15, 0.2) is 30.9 Å². The topological polar surface area (TPSA) is 123 Å². The van der Waals surface area contributed by atoms with Crippen LogP contribution in [0.3, 0.4) is 0 Å². The Bertz CT molecular complexity index is 850. The summed E-state index contributed by atoms with van der Waals surface area (Å²) in [7, 11) is 0. The number of carbonyl (C=O) groups excluding carboxylic acids is 4. The number of benzene rings is 1. The van der Waals surface area contributed by atoms with E-state index in [2.05, 4.69) is 22.5 Å². The van der Waals surface area contributed by atoms with Crippen LogP contribution in [-0.2, 0) is 19.1 Å². The molecule has 3 amide bonds. The van der Waals surface area contributed by atoms with Crippen molar-refractivity contribution in [2.45, 2.75) is 52.3 Å². The number of esters is 1. The van der Waals surface area contributed by atoms with Crippen LogP contribution in [0.25, 0.3) is 0 Å². The molecule has 1 aromatic carbocycles. The number of hydrogen-bond donors (Lipinski definition) is 3. The zero-order valence-corrected chi connectivity index (χ0v) is 18.2. The molecule has 0 fully saturated rings. The summed E-state index contributed by atoms with van der Waals surface area (Å²) in [6.45, 7) is 11.2. The van der Waals surface area contributed by atoms with Gasteiger partial charge >= 0.3 is 12.1 Å². The van der Waals surface area contributed by atoms with Crippen LogP contribution < -0.4 is 16.0 Å². The number of ether oxygens (including phenoxy) is 2. The molecular formula is C21H28FN3O6. The summed E-state index contributed by atoms with van der Waals surface area (Å²) in [5.74, 6) is -2.85. The predicted octanol–water partition coefficient (Wildman–Crippen LogP) is 2.52. The minimum Gasteiger partial charge on any atom is -0.458 e. The van der Waals surface area contributed by atoms with E-state index in [0.29, 0.717) is 0 Å². The Hall–Kier alpha value is -3.43. The molecule has 0 aromatic heterocycles. The highest BCUT2D eigenvalue weighted by Crippen LogP contribution is 2.17. The van der Waals surface area contributed by atoms with Gasteiger partial charge in [-0.25, -0.2) is 14.0 Å². The number of rotatable bonds is 8. The molecule has 0 saturated carbocycles. The lowest BCUT2D eigenvalue weighted by atomic mass is 10.2. The zero-order chi connectivity index (χ0) is 23.8. The molecule has 1 rings (SSSR count). The third kappa shape index (κ3) is 8.85. The van der Waals surface area contributed by atoms with E-state index in [1.54, 1.807) is 20.8 Å². The van der Waals surface area contributed by atoms with E-state index in [0.717, 1.165) is 12.1 Å². The molecule has 0 unspecified atom stereocenters. The van der Waals surface area contributed by atoms with Crippen LogP contribution in [0, 0.1) is 5.82 Å². The van der Waals surface area contributed by atoms with Crippen molar-refractivity contribution in [3.63, 3.8) is 0 Å². The Kier molecular flexibility index (Phi) is 9.16. The van der Waals surface area contributed by atoms with E-state index in [-0.39, 0.29) is 17.9 Å². The van der Waals surface area contributed by atoms with Crippen molar-refractivity contribution < 1.29 is 33.0 Å². The number of nitrogens with one attached hydrogen (secondary N) is 3. The summed E-state index contributed by atoms with van der Waals surface area (Å²) in [6.07, 6.45) is 0.599. The number of hydrogen-bond acceptors (Lipinski definition) is 6. The van der Waals surface area contributed by atoms with Crippen molar-refractivity contribution in [1.29, 1.82) is 0 Å². The fourth-order valence-electron chi connectivity index (χ4n) is 2.16. The molecule has 2 atom stereocenters. The third-order valence-electron chi connectivity index (χ3n) is 3.67. The molecule has 0 radical (unpaired) electrons. The van der Waals surface area contributed by atoms with Gasteiger partial charge in [0.2, 0.25) is 11.8 Å². The van der Waals surface area contributed by atoms with E-state index in [1.165, 1.54) is 26.0 Å². The number of amides is 3. The first-order valence-electron chi connectivity index (χ1n) is 9.52. The quantitative estimate of drug-likeness (QED) is 0.424. The van der Waals surface area contributed by atoms with Gasteiger partial charge in [0.25, 0.3) is 0 Å². The van der Waals surface area contributed by atoms with Crippen LogP contribution in [0.5, 0.6) is 0 Å². The molecule has 0 aliphatic rings. The summed E-state index contributed by atoms with van der Waals surface area (Å²) in [5, 5.41) is 7.07. The molecule has 170 valence electrons. The second kappa shape index (κ2) is 11.1. The maximum atomic E-state index is 14.0. The first-order valence-corrected chi connectivity index (χ1v) is 9.52. The molecule has 1 aromatic rings. The summed E-state index contributed by atoms with van der Waals surface area (Å²) in [5.41, 5.74) is -0.950. The summed E-state index contributed by atoms with van der Waals surface area (Å²) in [6, 6.07) is 1.30. The van der Waals surface area contributed by atoms with Crippen LogP contribution in [0.1, 0.15) is 45.0 Å². The average molecular weight is 437 g/mol. The third-order valence-corrected chi connectivity index (χ3v) is 3.67. The molecule has 0 aliphatic heterocycles. The van der Waals surface area contributed by atoms with Crippen molar-refractivity contribution in [3.05, 3.63) is 42.2 Å². The van der Waals surface area contributed by atoms with E-state index in [4.69, 9.17) is 9.47 Å². The minimum absolute atomic E-state index is 0.0174. The average Bonchev–Trinajstić information content (AvgIpc) is 2.65. The van der Waals surface area contributed by atoms with E-state index >= 15 is 0 Å². The van der Waals surface area contributed by atoms with Gasteiger partial charge in [-0.2, -0.15) is 0 Å². The van der Waals surface area contributed by atoms with Crippen LogP contribution in [0.4, 0.5) is 14.9 Å². The zero-order valence-electron chi connectivity index (χ0n) is 18.2. The molecule has 10 heteroatoms. The van der Waals surface area contributed by atoms with Gasteiger partial charge in [0.05, 0.1) is 11.3 Å². The standard InChI is InChI=1S/C21H28FN3O6/c1-7-10-30-19(28)14-8-9-15(22)16(11-14)25-18(27)12(2)23-17(26)13(3)24-20(29)31-21(4,5)6/h7-9,11-13H,1,10H2,2-6H3,(H,23,26)(H,24,29)(H,25,27)/t12-,13-/m0/s1. The molecule has 0 aliphatic carbocycles. The van der Waals surface area contributed by atoms with E-state index in [9.17, 15) is 23.6 Å². The highest BCUT2D eigenvalue weighted by atomic mass is 19.1. The van der Waals surface area contributed by atoms with Crippen LogP contribution in [0.2, 0.25) is 0 Å². The largest absolute Gasteiger partial charge is 0.458 e. The number of alkyl carbamates (subject to hydrolysis) is 1. The Morgan fingerprint density at radius 3 is 2.29 bits per heavy atom. The van der Waals surface area contributed by atoms with Gasteiger partial charge in [-0.3, -0.25) is 9.59 Å². The molecule has 0 heterocycles. The molecule has 31 heavy (non-hydrogen) atoms. The highest BCUT2D eigenvalue weighted by molar-refractivity contribution is 5.99. The van der Waals surface area contributed by atoms with Crippen molar-refractivity contribution in [1.82, 2.24) is 10.6 Å². The second-order valence-electron chi connectivity index (χ2n) is 7.67. The first kappa shape index (κ1) is 25.6. The lowest BCUT2D eigenvalue weighted by Crippen LogP contribution is -2.51. The Balaban J connectivity index is 2.71. The molecular weight excluding hydrogens is 409 g/mol. The SMILES string of the molecule is C=CCOC(=O)c1ccc(F)c(NC(=O)[C@H](C)NC(=O)[C@H](C)NC(=O)OC(C)(C)C)c1. The maximum absolute atomic E-state index is 14.0. The Labute approximate surface area is 180 Å². The van der Waals surface area contributed by atoms with Crippen molar-refractivity contribution >= 4 is 29.6 Å². The monoisotopic (exact) mass is 437 g/mol. The molecule has 0 bridgehead atoms. The van der Waals surface area contributed by atoms with Gasteiger partial charge in [-0.15, -0.1) is 0 Å². The lowest BCUT2D eigenvalue weighted by molar-refractivity contribution is -0.127. The predicted molar refractivity (Wildman–Crippen MR) is 112 cm³/mol. The molecule has 0 saturated heterocycles. The minimum atomic E-state index is -1.06. The summed E-state index contributed by atoms with van der Waals surface area (Å²) >= 11 is 0. The normalized spacial score (nSPS) is 12.7. The van der Waals surface area contributed by atoms with Crippen molar-refractivity contribution in [3.8, 4) is 0 Å². The van der Waals surface area contributed by atoms with Crippen molar-refractivity contribution in [2.24, 2.45) is 0 Å². The van der Waals surface area contributed by atoms with Crippen LogP contribution in [-0.4, -0.2) is 48.2 Å². The van der Waals surface area contributed by atoms with Gasteiger partial charge < -0.3 is 25.4 Å². The van der Waals surface area contributed by atoms with E-state index < -0.39 is 47.4 Å². The summed E-state index contributed by atoms with van der Waals surface area (Å²) < 4.78 is 24.0. The van der Waals surface area contributed by atoms with Gasteiger partial charge in [0.15, 0.2) is 0 Å². The fraction of sp³-hybridized carbons (Fsp3) is 0.429. The van der Waals surface area contributed by atoms with Gasteiger partial charge in [0, 0.05) is 0 Å². The van der Waals surface area contributed by atoms with E-state index in [1.807, 2.05) is 0 Å². The fourth-order valence-corrected chi connectivity index (χ4v) is 2.16. The van der Waals surface area contributed by atoms with Gasteiger partial charge in [-0.05, 0) is 52.8 Å². The Morgan fingerprint density at radius 2 is 1.71 bits per heavy atom. The van der Waals surface area contributed by atoms with Gasteiger partial charge in [-0.1, -0.05) is 12.7 Å². The van der Waals surface area contributed by atoms with Crippen LogP contribution >= 0.6 is 0 Å². The molecule has 9 nitrogen and oxygen atoms in total. The number of anilines is 1. The second-order valence-corrected chi connectivity index (χ2v) is 7.67. The number of carbonyl (C=O) groups is 4. The Morgan fingerprint density at radius 1 is 1.10 bits per heavy atom. The maximum Gasteiger partial charge on any atom is 0.408 e. The number of halogens is 1. The smallest absolute Gasteiger partial charge is 0.408 e. The first-order chi connectivity index (χ1) is 14.3. The van der Waals surface area contributed by atoms with Crippen molar-refractivity contribution in [2.75, 3.05) is 11.9 Å². The highest BCUT2D eigenvalue weighted by Gasteiger charge is 2.24. The lowest BCUT2D eigenvalue weighted by Gasteiger charge is -2.22. The molecule has 0 spiro atoms. The van der Waals surface area contributed by atoms with Gasteiger partial charge in [0.1, 0.15) is 30.1 Å². The molecule has 3 N–H and O–H groups in total. The summed E-state index contributed by atoms with van der Waals surface area (Å²) in [4.78, 5) is 48.2.